The number of piperidine rings is 2. The topological polar surface area (TPSA) is 74.0 Å². The standard InChI is InChI=1S/C17H33N5O/c1-3-19-17(20-12-14-6-9-21(2)10-7-14)22-8-4-5-15(13-22)11-16(18)23/h14-15H,3-13H2,1-2H3,(H2,18,23)(H,19,20). The maximum atomic E-state index is 11.2. The number of guanidine groups is 1. The van der Waals surface area contributed by atoms with Crippen molar-refractivity contribution in [3.63, 3.8) is 0 Å². The van der Waals surface area contributed by atoms with E-state index in [4.69, 9.17) is 10.7 Å². The Morgan fingerprint density at radius 2 is 1.96 bits per heavy atom. The second-order valence-corrected chi connectivity index (χ2v) is 7.07. The Bertz CT molecular complexity index is 404. The number of carbonyl (C=O) groups is 1. The van der Waals surface area contributed by atoms with Gasteiger partial charge in [0.25, 0.3) is 0 Å². The molecule has 2 aliphatic rings. The number of hydrogen-bond donors (Lipinski definition) is 2. The summed E-state index contributed by atoms with van der Waals surface area (Å²) in [5.74, 6) is 1.89. The lowest BCUT2D eigenvalue weighted by atomic mass is 9.94. The molecule has 0 radical (unpaired) electrons. The van der Waals surface area contributed by atoms with E-state index in [0.29, 0.717) is 18.3 Å². The van der Waals surface area contributed by atoms with Crippen LogP contribution in [-0.4, -0.2) is 68.0 Å². The van der Waals surface area contributed by atoms with Gasteiger partial charge in [0.05, 0.1) is 0 Å². The average molecular weight is 323 g/mol. The summed E-state index contributed by atoms with van der Waals surface area (Å²) in [6, 6.07) is 0. The van der Waals surface area contributed by atoms with Gasteiger partial charge >= 0.3 is 0 Å². The van der Waals surface area contributed by atoms with Crippen LogP contribution in [0.25, 0.3) is 0 Å². The number of carbonyl (C=O) groups excluding carboxylic acids is 1. The molecule has 0 bridgehead atoms. The number of likely N-dealkylation sites (tertiary alicyclic amines) is 2. The van der Waals surface area contributed by atoms with Crippen molar-refractivity contribution in [2.24, 2.45) is 22.6 Å². The van der Waals surface area contributed by atoms with Gasteiger partial charge in [0.15, 0.2) is 5.96 Å². The number of primary amides is 1. The van der Waals surface area contributed by atoms with Crippen LogP contribution in [0.15, 0.2) is 4.99 Å². The Kier molecular flexibility index (Phi) is 7.15. The third-order valence-corrected chi connectivity index (χ3v) is 4.98. The van der Waals surface area contributed by atoms with E-state index >= 15 is 0 Å². The zero-order valence-corrected chi connectivity index (χ0v) is 14.8. The number of nitrogens with zero attached hydrogens (tertiary/aromatic N) is 3. The highest BCUT2D eigenvalue weighted by Crippen LogP contribution is 2.20. The van der Waals surface area contributed by atoms with Crippen LogP contribution in [0.2, 0.25) is 0 Å². The normalized spacial score (nSPS) is 24.7. The van der Waals surface area contributed by atoms with Gasteiger partial charge in [0, 0.05) is 32.6 Å². The first-order chi connectivity index (χ1) is 11.1. The van der Waals surface area contributed by atoms with Crippen molar-refractivity contribution < 1.29 is 4.79 Å². The molecule has 1 atom stereocenters. The summed E-state index contributed by atoms with van der Waals surface area (Å²) in [6.45, 7) is 8.17. The van der Waals surface area contributed by atoms with Gasteiger partial charge in [-0.3, -0.25) is 9.79 Å². The van der Waals surface area contributed by atoms with Crippen LogP contribution < -0.4 is 11.1 Å². The van der Waals surface area contributed by atoms with Crippen LogP contribution in [0, 0.1) is 11.8 Å². The van der Waals surface area contributed by atoms with E-state index in [0.717, 1.165) is 45.0 Å². The molecule has 2 heterocycles. The first kappa shape index (κ1) is 18.0. The number of nitrogens with one attached hydrogen (secondary N) is 1. The largest absolute Gasteiger partial charge is 0.370 e. The van der Waals surface area contributed by atoms with Crippen LogP contribution in [0.5, 0.6) is 0 Å². The van der Waals surface area contributed by atoms with Crippen molar-refractivity contribution in [3.05, 3.63) is 0 Å². The molecule has 2 aliphatic heterocycles. The molecule has 0 aromatic heterocycles. The Labute approximate surface area is 140 Å². The van der Waals surface area contributed by atoms with Gasteiger partial charge in [-0.1, -0.05) is 0 Å². The highest BCUT2D eigenvalue weighted by atomic mass is 16.1. The quantitative estimate of drug-likeness (QED) is 0.582. The molecule has 0 aromatic rings. The molecule has 3 N–H and O–H groups in total. The second kappa shape index (κ2) is 9.11. The molecule has 2 saturated heterocycles. The minimum absolute atomic E-state index is 0.190. The van der Waals surface area contributed by atoms with Gasteiger partial charge < -0.3 is 20.9 Å². The van der Waals surface area contributed by atoms with E-state index in [1.807, 2.05) is 0 Å². The predicted octanol–water partition coefficient (Wildman–Crippen LogP) is 0.881. The Morgan fingerprint density at radius 3 is 2.61 bits per heavy atom. The van der Waals surface area contributed by atoms with Gasteiger partial charge in [-0.15, -0.1) is 0 Å². The summed E-state index contributed by atoms with van der Waals surface area (Å²) >= 11 is 0. The molecule has 0 aromatic carbocycles. The van der Waals surface area contributed by atoms with Crippen molar-refractivity contribution in [1.29, 1.82) is 0 Å². The van der Waals surface area contributed by atoms with Crippen LogP contribution in [0.1, 0.15) is 39.0 Å². The summed E-state index contributed by atoms with van der Waals surface area (Å²) < 4.78 is 0. The summed E-state index contributed by atoms with van der Waals surface area (Å²) in [5.41, 5.74) is 5.36. The lowest BCUT2D eigenvalue weighted by Gasteiger charge is -2.35. The number of rotatable bonds is 5. The lowest BCUT2D eigenvalue weighted by Crippen LogP contribution is -2.47. The van der Waals surface area contributed by atoms with E-state index in [2.05, 4.69) is 29.1 Å². The van der Waals surface area contributed by atoms with Crippen LogP contribution >= 0.6 is 0 Å². The van der Waals surface area contributed by atoms with Crippen molar-refractivity contribution >= 4 is 11.9 Å². The zero-order valence-electron chi connectivity index (χ0n) is 14.8. The Morgan fingerprint density at radius 1 is 1.22 bits per heavy atom. The molecule has 1 amide bonds. The number of nitrogens with two attached hydrogens (primary N) is 1. The van der Waals surface area contributed by atoms with Crippen LogP contribution in [0.4, 0.5) is 0 Å². The fourth-order valence-corrected chi connectivity index (χ4v) is 3.59. The number of amides is 1. The van der Waals surface area contributed by atoms with E-state index in [1.54, 1.807) is 0 Å². The van der Waals surface area contributed by atoms with E-state index in [-0.39, 0.29) is 5.91 Å². The van der Waals surface area contributed by atoms with Gasteiger partial charge in [-0.25, -0.2) is 0 Å². The molecule has 6 nitrogen and oxygen atoms in total. The second-order valence-electron chi connectivity index (χ2n) is 7.07. The molecule has 6 heteroatoms. The highest BCUT2D eigenvalue weighted by molar-refractivity contribution is 5.80. The summed E-state index contributed by atoms with van der Waals surface area (Å²) in [5, 5.41) is 3.42. The third-order valence-electron chi connectivity index (χ3n) is 4.98. The molecule has 0 spiro atoms. The lowest BCUT2D eigenvalue weighted by molar-refractivity contribution is -0.119. The average Bonchev–Trinajstić information content (AvgIpc) is 2.52. The first-order valence-electron chi connectivity index (χ1n) is 9.08. The number of aliphatic imine (C=N–C) groups is 1. The third kappa shape index (κ3) is 6.01. The van der Waals surface area contributed by atoms with Crippen molar-refractivity contribution in [2.45, 2.75) is 39.0 Å². The van der Waals surface area contributed by atoms with Gasteiger partial charge in [-0.05, 0) is 64.6 Å². The Balaban J connectivity index is 1.90. The van der Waals surface area contributed by atoms with Crippen LogP contribution in [-0.2, 0) is 4.79 Å². The Hall–Kier alpha value is -1.30. The highest BCUT2D eigenvalue weighted by Gasteiger charge is 2.24. The van der Waals surface area contributed by atoms with Crippen molar-refractivity contribution in [2.75, 3.05) is 46.3 Å². The molecule has 0 saturated carbocycles. The number of hydrogen-bond acceptors (Lipinski definition) is 3. The molecule has 0 aliphatic carbocycles. The monoisotopic (exact) mass is 323 g/mol. The fourth-order valence-electron chi connectivity index (χ4n) is 3.59. The van der Waals surface area contributed by atoms with E-state index < -0.39 is 0 Å². The maximum absolute atomic E-state index is 11.2. The molecule has 23 heavy (non-hydrogen) atoms. The van der Waals surface area contributed by atoms with Gasteiger partial charge in [0.2, 0.25) is 5.91 Å². The van der Waals surface area contributed by atoms with Crippen molar-refractivity contribution in [1.82, 2.24) is 15.1 Å². The first-order valence-corrected chi connectivity index (χ1v) is 9.08. The SMILES string of the molecule is CCNC(=NCC1CCN(C)CC1)N1CCCC(CC(N)=O)C1. The maximum Gasteiger partial charge on any atom is 0.217 e. The molecule has 1 unspecified atom stereocenters. The minimum Gasteiger partial charge on any atom is -0.370 e. The summed E-state index contributed by atoms with van der Waals surface area (Å²) in [7, 11) is 2.19. The molecular weight excluding hydrogens is 290 g/mol. The minimum atomic E-state index is -0.190. The summed E-state index contributed by atoms with van der Waals surface area (Å²) in [6.07, 6.45) is 5.17. The van der Waals surface area contributed by atoms with Crippen LogP contribution in [0.3, 0.4) is 0 Å². The molecule has 2 fully saturated rings. The smallest absolute Gasteiger partial charge is 0.217 e. The molecular formula is C17H33N5O. The molecule has 2 rings (SSSR count). The van der Waals surface area contributed by atoms with Gasteiger partial charge in [-0.2, -0.15) is 0 Å². The summed E-state index contributed by atoms with van der Waals surface area (Å²) in [4.78, 5) is 20.8. The van der Waals surface area contributed by atoms with E-state index in [9.17, 15) is 4.79 Å². The fraction of sp³-hybridized carbons (Fsp3) is 0.882. The zero-order chi connectivity index (χ0) is 16.7. The predicted molar refractivity (Wildman–Crippen MR) is 94.3 cm³/mol. The van der Waals surface area contributed by atoms with Crippen molar-refractivity contribution in [3.8, 4) is 0 Å². The van der Waals surface area contributed by atoms with E-state index in [1.165, 1.54) is 25.9 Å². The molecule has 132 valence electrons. The van der Waals surface area contributed by atoms with Gasteiger partial charge in [0.1, 0.15) is 0 Å².